The lowest BCUT2D eigenvalue weighted by atomic mass is 10.0. The van der Waals surface area contributed by atoms with Gasteiger partial charge in [-0.2, -0.15) is 0 Å². The Bertz CT molecular complexity index is 420. The third-order valence-electron chi connectivity index (χ3n) is 3.66. The molecule has 1 fully saturated rings. The molecular formula is C16H23NOS. The zero-order valence-corrected chi connectivity index (χ0v) is 12.5. The summed E-state index contributed by atoms with van der Waals surface area (Å²) in [4.78, 5) is 2.07. The fraction of sp³-hybridized carbons (Fsp3) is 0.500. The molecular weight excluding hydrogens is 254 g/mol. The maximum Gasteiger partial charge on any atom is 0.174 e. The minimum atomic E-state index is -0.880. The molecule has 2 rings (SSSR count). The van der Waals surface area contributed by atoms with Crippen LogP contribution in [-0.2, 0) is 5.72 Å². The molecule has 0 aromatic heterocycles. The van der Waals surface area contributed by atoms with Crippen LogP contribution in [0.15, 0.2) is 41.9 Å². The van der Waals surface area contributed by atoms with Gasteiger partial charge in [-0.3, -0.25) is 0 Å². The Labute approximate surface area is 120 Å². The molecule has 1 atom stereocenters. The van der Waals surface area contributed by atoms with Gasteiger partial charge >= 0.3 is 0 Å². The lowest BCUT2D eigenvalue weighted by Gasteiger charge is -2.35. The smallest absolute Gasteiger partial charge is 0.174 e. The predicted molar refractivity (Wildman–Crippen MR) is 82.8 cm³/mol. The number of hydrogen-bond acceptors (Lipinski definition) is 3. The number of rotatable bonds is 6. The zero-order chi connectivity index (χ0) is 13.7. The molecule has 1 aliphatic heterocycles. The fourth-order valence-electron chi connectivity index (χ4n) is 2.50. The molecule has 1 N–H and O–H groups in total. The highest BCUT2D eigenvalue weighted by atomic mass is 32.2. The molecule has 1 unspecified atom stereocenters. The van der Waals surface area contributed by atoms with E-state index < -0.39 is 5.72 Å². The first-order chi connectivity index (χ1) is 9.18. The van der Waals surface area contributed by atoms with Crippen LogP contribution in [0, 0.1) is 0 Å². The Morgan fingerprint density at radius 3 is 2.68 bits per heavy atom. The van der Waals surface area contributed by atoms with Crippen molar-refractivity contribution in [2.24, 2.45) is 0 Å². The first-order valence-electron chi connectivity index (χ1n) is 7.05. The first kappa shape index (κ1) is 14.5. The van der Waals surface area contributed by atoms with Crippen LogP contribution >= 0.6 is 11.8 Å². The quantitative estimate of drug-likeness (QED) is 0.797. The Morgan fingerprint density at radius 2 is 2.00 bits per heavy atom. The van der Waals surface area contributed by atoms with Gasteiger partial charge in [0.15, 0.2) is 5.72 Å². The Hall–Kier alpha value is -0.930. The van der Waals surface area contributed by atoms with Gasteiger partial charge in [0, 0.05) is 12.1 Å². The number of benzene rings is 1. The van der Waals surface area contributed by atoms with Crippen LogP contribution in [-0.4, -0.2) is 22.3 Å². The molecule has 1 aromatic carbocycles. The second-order valence-corrected chi connectivity index (χ2v) is 6.13. The zero-order valence-electron chi connectivity index (χ0n) is 11.6. The topological polar surface area (TPSA) is 23.5 Å². The fourth-order valence-corrected chi connectivity index (χ4v) is 3.59. The number of nitrogens with zero attached hydrogens (tertiary/aromatic N) is 1. The van der Waals surface area contributed by atoms with E-state index in [-0.39, 0.29) is 0 Å². The number of unbranched alkanes of at least 4 members (excludes halogenated alkanes) is 3. The van der Waals surface area contributed by atoms with Crippen molar-refractivity contribution in [3.8, 4) is 0 Å². The molecule has 0 bridgehead atoms. The van der Waals surface area contributed by atoms with Crippen molar-refractivity contribution in [3.63, 3.8) is 0 Å². The summed E-state index contributed by atoms with van der Waals surface area (Å²) in [7, 11) is 0. The van der Waals surface area contributed by atoms with Crippen LogP contribution < -0.4 is 0 Å². The second kappa shape index (κ2) is 6.49. The average Bonchev–Trinajstić information content (AvgIpc) is 2.73. The molecule has 0 aliphatic carbocycles. The molecule has 1 aromatic rings. The van der Waals surface area contributed by atoms with Crippen LogP contribution in [0.1, 0.15) is 38.2 Å². The summed E-state index contributed by atoms with van der Waals surface area (Å²) in [5.41, 5.74) is 0.0894. The van der Waals surface area contributed by atoms with E-state index in [2.05, 4.69) is 18.4 Å². The summed E-state index contributed by atoms with van der Waals surface area (Å²) in [6.45, 7) is 7.18. The standard InChI is InChI=1S/C16H23NOS/c1-3-4-5-9-12-17-14(2)19-13-16(17,18)15-10-7-6-8-11-15/h6-8,10-11,18H,2-5,9,12-13H2,1H3. The molecule has 0 spiro atoms. The lowest BCUT2D eigenvalue weighted by Crippen LogP contribution is -2.42. The average molecular weight is 277 g/mol. The van der Waals surface area contributed by atoms with Gasteiger partial charge < -0.3 is 10.0 Å². The normalized spacial score (nSPS) is 23.1. The van der Waals surface area contributed by atoms with Crippen LogP contribution in [0.5, 0.6) is 0 Å². The van der Waals surface area contributed by atoms with Gasteiger partial charge in [0.25, 0.3) is 0 Å². The Morgan fingerprint density at radius 1 is 1.26 bits per heavy atom. The summed E-state index contributed by atoms with van der Waals surface area (Å²) in [5.74, 6) is 0.670. The molecule has 19 heavy (non-hydrogen) atoms. The molecule has 0 radical (unpaired) electrons. The minimum Gasteiger partial charge on any atom is -0.366 e. The maximum atomic E-state index is 11.0. The highest BCUT2D eigenvalue weighted by Crippen LogP contribution is 2.43. The Balaban J connectivity index is 2.08. The van der Waals surface area contributed by atoms with Crippen LogP contribution in [0.25, 0.3) is 0 Å². The molecule has 0 amide bonds. The summed E-state index contributed by atoms with van der Waals surface area (Å²) in [6.07, 6.45) is 4.83. The van der Waals surface area contributed by atoms with E-state index >= 15 is 0 Å². The third-order valence-corrected chi connectivity index (χ3v) is 4.76. The van der Waals surface area contributed by atoms with E-state index in [0.717, 1.165) is 23.6 Å². The van der Waals surface area contributed by atoms with E-state index in [9.17, 15) is 5.11 Å². The summed E-state index contributed by atoms with van der Waals surface area (Å²) in [6, 6.07) is 9.94. The molecule has 3 heteroatoms. The second-order valence-electron chi connectivity index (χ2n) is 5.08. The highest BCUT2D eigenvalue weighted by Gasteiger charge is 2.42. The summed E-state index contributed by atoms with van der Waals surface area (Å²) in [5, 5.41) is 12.0. The first-order valence-corrected chi connectivity index (χ1v) is 8.04. The van der Waals surface area contributed by atoms with Crippen molar-refractivity contribution >= 4 is 11.8 Å². The molecule has 1 heterocycles. The lowest BCUT2D eigenvalue weighted by molar-refractivity contribution is -0.0640. The predicted octanol–water partition coefficient (Wildman–Crippen LogP) is 3.93. The van der Waals surface area contributed by atoms with E-state index in [1.54, 1.807) is 11.8 Å². The summed E-state index contributed by atoms with van der Waals surface area (Å²) < 4.78 is 0. The number of hydrogen-bond donors (Lipinski definition) is 1. The van der Waals surface area contributed by atoms with E-state index in [0.29, 0.717) is 5.75 Å². The SMILES string of the molecule is C=C1SCC(O)(c2ccccc2)N1CCCCCC. The van der Waals surface area contributed by atoms with Crippen molar-refractivity contribution in [2.45, 2.75) is 38.3 Å². The maximum absolute atomic E-state index is 11.0. The Kier molecular flexibility index (Phi) is 4.94. The van der Waals surface area contributed by atoms with Gasteiger partial charge in [0.2, 0.25) is 0 Å². The van der Waals surface area contributed by atoms with E-state index in [1.165, 1.54) is 19.3 Å². The van der Waals surface area contributed by atoms with Crippen molar-refractivity contribution in [1.82, 2.24) is 4.90 Å². The third kappa shape index (κ3) is 3.15. The number of aliphatic hydroxyl groups is 1. The van der Waals surface area contributed by atoms with Crippen molar-refractivity contribution in [2.75, 3.05) is 12.3 Å². The highest BCUT2D eigenvalue weighted by molar-refractivity contribution is 8.03. The van der Waals surface area contributed by atoms with Crippen LogP contribution in [0.2, 0.25) is 0 Å². The molecule has 1 aliphatic rings. The van der Waals surface area contributed by atoms with Gasteiger partial charge in [-0.1, -0.05) is 63.1 Å². The van der Waals surface area contributed by atoms with Gasteiger partial charge in [0.05, 0.1) is 10.8 Å². The molecule has 1 saturated heterocycles. The largest absolute Gasteiger partial charge is 0.366 e. The van der Waals surface area contributed by atoms with Crippen molar-refractivity contribution in [3.05, 3.63) is 47.5 Å². The monoisotopic (exact) mass is 277 g/mol. The molecule has 104 valence electrons. The van der Waals surface area contributed by atoms with Gasteiger partial charge in [-0.05, 0) is 6.42 Å². The molecule has 0 saturated carbocycles. The number of thioether (sulfide) groups is 1. The summed E-state index contributed by atoms with van der Waals surface area (Å²) >= 11 is 1.65. The van der Waals surface area contributed by atoms with Gasteiger partial charge in [-0.25, -0.2) is 0 Å². The van der Waals surface area contributed by atoms with Gasteiger partial charge in [-0.15, -0.1) is 11.8 Å². The van der Waals surface area contributed by atoms with Gasteiger partial charge in [0.1, 0.15) is 0 Å². The van der Waals surface area contributed by atoms with Crippen LogP contribution in [0.4, 0.5) is 0 Å². The van der Waals surface area contributed by atoms with Crippen molar-refractivity contribution in [1.29, 1.82) is 0 Å². The van der Waals surface area contributed by atoms with Crippen LogP contribution in [0.3, 0.4) is 0 Å². The van der Waals surface area contributed by atoms with Crippen molar-refractivity contribution < 1.29 is 5.11 Å². The minimum absolute atomic E-state index is 0.670. The molecule has 2 nitrogen and oxygen atoms in total. The van der Waals surface area contributed by atoms with E-state index in [4.69, 9.17) is 0 Å². The van der Waals surface area contributed by atoms with E-state index in [1.807, 2.05) is 30.3 Å².